The van der Waals surface area contributed by atoms with Gasteiger partial charge in [-0.15, -0.1) is 5.06 Å². The van der Waals surface area contributed by atoms with Crippen molar-refractivity contribution in [3.05, 3.63) is 116 Å². The number of carbonyl (C=O) groups is 3. The van der Waals surface area contributed by atoms with Crippen LogP contribution in [0.5, 0.6) is 0 Å². The quantitative estimate of drug-likeness (QED) is 0.203. The van der Waals surface area contributed by atoms with Crippen molar-refractivity contribution in [1.29, 1.82) is 0 Å². The molecule has 0 unspecified atom stereocenters. The van der Waals surface area contributed by atoms with Crippen molar-refractivity contribution in [3.63, 3.8) is 0 Å². The maximum atomic E-state index is 12.7. The number of carboxylic acids is 1. The summed E-state index contributed by atoms with van der Waals surface area (Å²) in [5.74, 6) is -1.56. The maximum absolute atomic E-state index is 12.7. The Balaban J connectivity index is 1.28. The molecule has 3 heterocycles. The SMILES string of the molecule is C=C1CCC(=O)N1OC(=O)CCCCCN1c2cc3c(cc2C(C)=CC1(C)C)C(c1ccccc1C(=O)O)=c1cc2c(cc1C3(C)C)=[N+](C)CCC2. The zero-order valence-corrected chi connectivity index (χ0v) is 31.4. The summed E-state index contributed by atoms with van der Waals surface area (Å²) in [5, 5.41) is 13.8. The second-order valence-corrected chi connectivity index (χ2v) is 16.0. The molecule has 7 rings (SSSR count). The normalized spacial score (nSPS) is 18.4. The zero-order chi connectivity index (χ0) is 37.1. The van der Waals surface area contributed by atoms with E-state index in [1.54, 1.807) is 12.1 Å². The lowest BCUT2D eigenvalue weighted by Gasteiger charge is -2.45. The van der Waals surface area contributed by atoms with E-state index in [1.165, 1.54) is 33.3 Å². The van der Waals surface area contributed by atoms with Gasteiger partial charge in [0.15, 0.2) is 0 Å². The molecule has 1 amide bonds. The van der Waals surface area contributed by atoms with Crippen LogP contribution in [0.1, 0.15) is 123 Å². The summed E-state index contributed by atoms with van der Waals surface area (Å²) in [6.07, 6.45) is 7.89. The van der Waals surface area contributed by atoms with Crippen LogP contribution in [0.3, 0.4) is 0 Å². The van der Waals surface area contributed by atoms with Crippen molar-refractivity contribution in [2.24, 2.45) is 0 Å². The summed E-state index contributed by atoms with van der Waals surface area (Å²) < 4.78 is 2.35. The molecule has 0 saturated carbocycles. The molecule has 0 spiro atoms. The Labute approximate surface area is 306 Å². The van der Waals surface area contributed by atoms with Crippen molar-refractivity contribution in [2.75, 3.05) is 25.0 Å². The Kier molecular flexibility index (Phi) is 9.00. The van der Waals surface area contributed by atoms with Gasteiger partial charge in [-0.05, 0) is 109 Å². The lowest BCUT2D eigenvalue weighted by molar-refractivity contribution is -0.186. The van der Waals surface area contributed by atoms with Crippen molar-refractivity contribution in [2.45, 2.75) is 96.9 Å². The predicted octanol–water partition coefficient (Wildman–Crippen LogP) is 6.50. The van der Waals surface area contributed by atoms with Gasteiger partial charge in [0, 0.05) is 54.1 Å². The van der Waals surface area contributed by atoms with E-state index in [1.807, 2.05) is 12.1 Å². The number of hydrogen-bond acceptors (Lipinski definition) is 5. The maximum Gasteiger partial charge on any atom is 0.336 e. The predicted molar refractivity (Wildman–Crippen MR) is 204 cm³/mol. The highest BCUT2D eigenvalue weighted by Gasteiger charge is 2.39. The molecular formula is C44H50N3O5+. The van der Waals surface area contributed by atoms with Crippen LogP contribution in [0.4, 0.5) is 5.69 Å². The van der Waals surface area contributed by atoms with E-state index in [-0.39, 0.29) is 23.3 Å². The van der Waals surface area contributed by atoms with Crippen molar-refractivity contribution < 1.29 is 24.3 Å². The van der Waals surface area contributed by atoms with Gasteiger partial charge in [0.25, 0.3) is 5.91 Å². The van der Waals surface area contributed by atoms with Crippen LogP contribution in [-0.4, -0.2) is 53.7 Å². The number of benzene rings is 3. The molecular weight excluding hydrogens is 651 g/mol. The molecule has 3 aliphatic heterocycles. The second-order valence-electron chi connectivity index (χ2n) is 16.0. The van der Waals surface area contributed by atoms with Crippen LogP contribution < -0.4 is 20.1 Å². The van der Waals surface area contributed by atoms with Crippen molar-refractivity contribution in [3.8, 4) is 0 Å². The molecule has 8 heteroatoms. The third-order valence-corrected chi connectivity index (χ3v) is 11.6. The summed E-state index contributed by atoms with van der Waals surface area (Å²) in [4.78, 5) is 45.0. The fourth-order valence-corrected chi connectivity index (χ4v) is 8.87. The first-order valence-electron chi connectivity index (χ1n) is 18.7. The van der Waals surface area contributed by atoms with Crippen molar-refractivity contribution in [1.82, 2.24) is 9.64 Å². The minimum absolute atomic E-state index is 0.218. The van der Waals surface area contributed by atoms with Crippen LogP contribution in [0.15, 0.2) is 66.9 Å². The van der Waals surface area contributed by atoms with Gasteiger partial charge in [0.05, 0.1) is 16.8 Å². The number of nitrogens with zero attached hydrogens (tertiary/aromatic N) is 3. The number of carboxylic acid groups (broad SMARTS) is 1. The molecule has 0 aromatic heterocycles. The topological polar surface area (TPSA) is 90.2 Å². The molecule has 3 aromatic rings. The first-order valence-corrected chi connectivity index (χ1v) is 18.7. The average molecular weight is 701 g/mol. The molecule has 0 radical (unpaired) electrons. The fourth-order valence-electron chi connectivity index (χ4n) is 8.87. The number of aryl methyl sites for hydroxylation is 1. The van der Waals surface area contributed by atoms with E-state index < -0.39 is 11.9 Å². The van der Waals surface area contributed by atoms with Crippen LogP contribution in [0, 0.1) is 0 Å². The first-order chi connectivity index (χ1) is 24.7. The van der Waals surface area contributed by atoms with Gasteiger partial charge in [-0.3, -0.25) is 4.79 Å². The highest BCUT2D eigenvalue weighted by Crippen LogP contribution is 2.47. The smallest absolute Gasteiger partial charge is 0.336 e. The van der Waals surface area contributed by atoms with Crippen LogP contribution in [0.2, 0.25) is 0 Å². The average Bonchev–Trinajstić information content (AvgIpc) is 3.40. The number of allylic oxidation sites excluding steroid dienone is 2. The Morgan fingerprint density at radius 2 is 1.71 bits per heavy atom. The molecule has 1 N–H and O–H groups in total. The van der Waals surface area contributed by atoms with E-state index >= 15 is 0 Å². The van der Waals surface area contributed by atoms with Gasteiger partial charge in [0.1, 0.15) is 13.6 Å². The largest absolute Gasteiger partial charge is 0.478 e. The van der Waals surface area contributed by atoms with Crippen LogP contribution >= 0.6 is 0 Å². The highest BCUT2D eigenvalue weighted by molar-refractivity contribution is 5.99. The van der Waals surface area contributed by atoms with Crippen molar-refractivity contribution >= 4 is 34.7 Å². The Hall–Kier alpha value is -4.98. The van der Waals surface area contributed by atoms with E-state index in [9.17, 15) is 19.5 Å². The molecule has 270 valence electrons. The van der Waals surface area contributed by atoms with Crippen LogP contribution in [-0.2, 0) is 26.3 Å². The summed E-state index contributed by atoms with van der Waals surface area (Å²) in [5.41, 5.74) is 10.3. The third-order valence-electron chi connectivity index (χ3n) is 11.6. The van der Waals surface area contributed by atoms with Gasteiger partial charge in [-0.2, -0.15) is 0 Å². The van der Waals surface area contributed by atoms with Gasteiger partial charge in [-0.25, -0.2) is 14.2 Å². The minimum Gasteiger partial charge on any atom is -0.478 e. The van der Waals surface area contributed by atoms with Crippen LogP contribution in [0.25, 0.3) is 11.1 Å². The number of amides is 1. The van der Waals surface area contributed by atoms with E-state index in [2.05, 4.69) is 88.1 Å². The summed E-state index contributed by atoms with van der Waals surface area (Å²) in [7, 11) is 2.17. The number of carbonyl (C=O) groups excluding carboxylic acids is 2. The summed E-state index contributed by atoms with van der Waals surface area (Å²) in [6, 6.07) is 16.8. The molecule has 8 nitrogen and oxygen atoms in total. The Bertz CT molecular complexity index is 2190. The number of hydrogen-bond donors (Lipinski definition) is 1. The lowest BCUT2D eigenvalue weighted by Crippen LogP contribution is -2.46. The zero-order valence-electron chi connectivity index (χ0n) is 31.4. The second kappa shape index (κ2) is 13.2. The molecule has 3 aromatic carbocycles. The standard InChI is InChI=1S/C44H49N3O5/c1-27-26-43(3,4)46(21-12-8-9-17-40(49)52-47-28(2)18-19-39(47)48)38-25-36-34(23-32(27)38)41(30-15-10-11-16-31(30)42(50)51)33-22-29-14-13-20-45(7)37(29)24-35(33)44(36,5)6/h10-11,15-16,22-26H,2,8-9,12-14,17-21H2,1,3-7H3/p+1. The molecule has 1 aliphatic carbocycles. The highest BCUT2D eigenvalue weighted by atomic mass is 16.7. The number of hydroxylamine groups is 2. The number of fused-ring (bicyclic) bond motifs is 4. The van der Waals surface area contributed by atoms with Gasteiger partial charge >= 0.3 is 11.9 Å². The molecule has 1 saturated heterocycles. The van der Waals surface area contributed by atoms with Gasteiger partial charge in [0.2, 0.25) is 5.36 Å². The molecule has 0 atom stereocenters. The monoisotopic (exact) mass is 700 g/mol. The van der Waals surface area contributed by atoms with E-state index in [4.69, 9.17) is 4.84 Å². The number of anilines is 1. The van der Waals surface area contributed by atoms with Gasteiger partial charge in [-0.1, -0.05) is 51.1 Å². The Morgan fingerprint density at radius 1 is 0.942 bits per heavy atom. The third kappa shape index (κ3) is 6.06. The van der Waals surface area contributed by atoms with E-state index in [0.29, 0.717) is 30.5 Å². The lowest BCUT2D eigenvalue weighted by atomic mass is 9.67. The number of aromatic carboxylic acids is 1. The summed E-state index contributed by atoms with van der Waals surface area (Å²) in [6.45, 7) is 16.9. The Morgan fingerprint density at radius 3 is 2.44 bits per heavy atom. The fraction of sp³-hybridized carbons (Fsp3) is 0.409. The first kappa shape index (κ1) is 35.4. The molecule has 4 aliphatic rings. The molecule has 52 heavy (non-hydrogen) atoms. The summed E-state index contributed by atoms with van der Waals surface area (Å²) >= 11 is 0. The number of rotatable bonds is 9. The minimum atomic E-state index is -0.932. The molecule has 1 fully saturated rings. The van der Waals surface area contributed by atoms with E-state index in [0.717, 1.165) is 71.3 Å². The molecule has 0 bridgehead atoms. The number of unbranched alkanes of at least 4 members (excludes halogenated alkanes) is 2. The van der Waals surface area contributed by atoms with Gasteiger partial charge < -0.3 is 14.8 Å².